The molecule has 0 aromatic heterocycles. The van der Waals surface area contributed by atoms with E-state index in [1.807, 2.05) is 6.92 Å². The Hall–Kier alpha value is -0.570. The molecule has 0 aliphatic rings. The second-order valence-electron chi connectivity index (χ2n) is 4.14. The van der Waals surface area contributed by atoms with E-state index in [0.717, 1.165) is 19.3 Å². The zero-order chi connectivity index (χ0) is 11.7. The lowest BCUT2D eigenvalue weighted by atomic mass is 10.1. The van der Waals surface area contributed by atoms with E-state index in [1.54, 1.807) is 0 Å². The van der Waals surface area contributed by atoms with Gasteiger partial charge < -0.3 is 10.1 Å². The molecule has 2 atom stereocenters. The number of hydrogen-bond donors (Lipinski definition) is 1. The summed E-state index contributed by atoms with van der Waals surface area (Å²) >= 11 is 0. The van der Waals surface area contributed by atoms with Crippen LogP contribution in [0.2, 0.25) is 0 Å². The zero-order valence-electron chi connectivity index (χ0n) is 10.5. The Morgan fingerprint density at radius 2 is 2.00 bits per heavy atom. The molecule has 2 unspecified atom stereocenters. The first kappa shape index (κ1) is 14.4. The van der Waals surface area contributed by atoms with E-state index >= 15 is 0 Å². The standard InChI is InChI=1S/C12H25NO2/c1-5-7-8-15-12(14)10(3)9-13-11(4)6-2/h10-11,13H,5-9H2,1-4H3. The number of ether oxygens (including phenoxy) is 1. The van der Waals surface area contributed by atoms with Gasteiger partial charge in [0.25, 0.3) is 0 Å². The molecule has 15 heavy (non-hydrogen) atoms. The summed E-state index contributed by atoms with van der Waals surface area (Å²) in [7, 11) is 0. The van der Waals surface area contributed by atoms with Crippen LogP contribution in [0, 0.1) is 5.92 Å². The highest BCUT2D eigenvalue weighted by atomic mass is 16.5. The Bertz CT molecular complexity index is 171. The Morgan fingerprint density at radius 3 is 2.53 bits per heavy atom. The molecule has 0 aromatic rings. The summed E-state index contributed by atoms with van der Waals surface area (Å²) in [5, 5.41) is 3.30. The van der Waals surface area contributed by atoms with Crippen LogP contribution in [-0.2, 0) is 9.53 Å². The van der Waals surface area contributed by atoms with Crippen molar-refractivity contribution in [3.63, 3.8) is 0 Å². The van der Waals surface area contributed by atoms with E-state index in [2.05, 4.69) is 26.1 Å². The van der Waals surface area contributed by atoms with Gasteiger partial charge >= 0.3 is 5.97 Å². The van der Waals surface area contributed by atoms with Crippen molar-refractivity contribution < 1.29 is 9.53 Å². The first-order valence-corrected chi connectivity index (χ1v) is 6.01. The third kappa shape index (κ3) is 7.37. The Morgan fingerprint density at radius 1 is 1.33 bits per heavy atom. The molecule has 0 fully saturated rings. The van der Waals surface area contributed by atoms with Gasteiger partial charge in [-0.1, -0.05) is 27.2 Å². The lowest BCUT2D eigenvalue weighted by molar-refractivity contribution is -0.147. The first-order chi connectivity index (χ1) is 7.11. The Balaban J connectivity index is 3.60. The second-order valence-corrected chi connectivity index (χ2v) is 4.14. The minimum atomic E-state index is -0.0840. The normalized spacial score (nSPS) is 14.7. The van der Waals surface area contributed by atoms with Gasteiger partial charge in [0.1, 0.15) is 0 Å². The molecular weight excluding hydrogens is 190 g/mol. The van der Waals surface area contributed by atoms with Crippen LogP contribution in [0.3, 0.4) is 0 Å². The van der Waals surface area contributed by atoms with Gasteiger partial charge in [-0.15, -0.1) is 0 Å². The second kappa shape index (κ2) is 8.72. The summed E-state index contributed by atoms with van der Waals surface area (Å²) in [6, 6.07) is 0.468. The van der Waals surface area contributed by atoms with Crippen molar-refractivity contribution in [1.82, 2.24) is 5.32 Å². The summed E-state index contributed by atoms with van der Waals surface area (Å²) in [5.74, 6) is -0.130. The molecule has 90 valence electrons. The highest BCUT2D eigenvalue weighted by Crippen LogP contribution is 2.00. The van der Waals surface area contributed by atoms with E-state index in [4.69, 9.17) is 4.74 Å². The van der Waals surface area contributed by atoms with Crippen molar-refractivity contribution in [1.29, 1.82) is 0 Å². The molecule has 1 N–H and O–H groups in total. The quantitative estimate of drug-likeness (QED) is 0.499. The average molecular weight is 215 g/mol. The van der Waals surface area contributed by atoms with Gasteiger partial charge in [-0.05, 0) is 19.8 Å². The third-order valence-corrected chi connectivity index (χ3v) is 2.53. The SMILES string of the molecule is CCCCOC(=O)C(C)CNC(C)CC. The maximum Gasteiger partial charge on any atom is 0.309 e. The number of esters is 1. The average Bonchev–Trinajstić information content (AvgIpc) is 2.25. The molecule has 0 saturated heterocycles. The van der Waals surface area contributed by atoms with Gasteiger partial charge in [-0.2, -0.15) is 0 Å². The lowest BCUT2D eigenvalue weighted by Gasteiger charge is -2.15. The van der Waals surface area contributed by atoms with E-state index in [9.17, 15) is 4.79 Å². The van der Waals surface area contributed by atoms with Gasteiger partial charge in [-0.3, -0.25) is 4.79 Å². The largest absolute Gasteiger partial charge is 0.465 e. The number of rotatable bonds is 8. The summed E-state index contributed by atoms with van der Waals surface area (Å²) < 4.78 is 5.13. The van der Waals surface area contributed by atoms with Gasteiger partial charge in [-0.25, -0.2) is 0 Å². The van der Waals surface area contributed by atoms with Crippen molar-refractivity contribution in [3.8, 4) is 0 Å². The zero-order valence-corrected chi connectivity index (χ0v) is 10.5. The molecule has 0 saturated carbocycles. The number of nitrogens with one attached hydrogen (secondary N) is 1. The van der Waals surface area contributed by atoms with E-state index < -0.39 is 0 Å². The minimum absolute atomic E-state index is 0.0455. The fraction of sp³-hybridized carbons (Fsp3) is 0.917. The number of carbonyl (C=O) groups is 1. The van der Waals surface area contributed by atoms with Crippen LogP contribution in [0.15, 0.2) is 0 Å². The van der Waals surface area contributed by atoms with Gasteiger partial charge in [0.05, 0.1) is 12.5 Å². The Labute approximate surface area is 93.6 Å². The van der Waals surface area contributed by atoms with Gasteiger partial charge in [0.2, 0.25) is 0 Å². The van der Waals surface area contributed by atoms with Crippen molar-refractivity contribution in [2.45, 2.75) is 53.0 Å². The number of carbonyl (C=O) groups excluding carboxylic acids is 1. The molecule has 0 amide bonds. The Kier molecular flexibility index (Phi) is 8.38. The van der Waals surface area contributed by atoms with Gasteiger partial charge in [0.15, 0.2) is 0 Å². The fourth-order valence-corrected chi connectivity index (χ4v) is 1.06. The number of hydrogen-bond acceptors (Lipinski definition) is 3. The molecule has 0 heterocycles. The maximum absolute atomic E-state index is 11.5. The van der Waals surface area contributed by atoms with E-state index in [-0.39, 0.29) is 11.9 Å². The number of unbranched alkanes of at least 4 members (excludes halogenated alkanes) is 1. The van der Waals surface area contributed by atoms with E-state index in [0.29, 0.717) is 19.2 Å². The molecule has 0 aromatic carbocycles. The molecule has 0 spiro atoms. The highest BCUT2D eigenvalue weighted by molar-refractivity contribution is 5.72. The molecule has 3 nitrogen and oxygen atoms in total. The molecule has 0 rings (SSSR count). The summed E-state index contributed by atoms with van der Waals surface area (Å²) in [4.78, 5) is 11.5. The maximum atomic E-state index is 11.5. The molecule has 0 radical (unpaired) electrons. The van der Waals surface area contributed by atoms with Crippen LogP contribution in [0.1, 0.15) is 47.0 Å². The first-order valence-electron chi connectivity index (χ1n) is 6.01. The predicted octanol–water partition coefficient (Wildman–Crippen LogP) is 2.35. The summed E-state index contributed by atoms with van der Waals surface area (Å²) in [5.41, 5.74) is 0. The van der Waals surface area contributed by atoms with Crippen LogP contribution in [0.5, 0.6) is 0 Å². The summed E-state index contributed by atoms with van der Waals surface area (Å²) in [6.45, 7) is 9.51. The van der Waals surface area contributed by atoms with Crippen molar-refractivity contribution in [2.75, 3.05) is 13.2 Å². The van der Waals surface area contributed by atoms with E-state index in [1.165, 1.54) is 0 Å². The summed E-state index contributed by atoms with van der Waals surface area (Å²) in [6.07, 6.45) is 3.10. The van der Waals surface area contributed by atoms with Crippen LogP contribution in [0.25, 0.3) is 0 Å². The predicted molar refractivity (Wildman–Crippen MR) is 62.8 cm³/mol. The monoisotopic (exact) mass is 215 g/mol. The smallest absolute Gasteiger partial charge is 0.309 e. The van der Waals surface area contributed by atoms with Crippen LogP contribution >= 0.6 is 0 Å². The van der Waals surface area contributed by atoms with Crippen LogP contribution in [0.4, 0.5) is 0 Å². The molecular formula is C12H25NO2. The topological polar surface area (TPSA) is 38.3 Å². The lowest BCUT2D eigenvalue weighted by Crippen LogP contribution is -2.33. The third-order valence-electron chi connectivity index (χ3n) is 2.53. The fourth-order valence-electron chi connectivity index (χ4n) is 1.06. The van der Waals surface area contributed by atoms with Crippen LogP contribution in [-0.4, -0.2) is 25.2 Å². The molecule has 3 heteroatoms. The minimum Gasteiger partial charge on any atom is -0.465 e. The van der Waals surface area contributed by atoms with Crippen molar-refractivity contribution >= 4 is 5.97 Å². The van der Waals surface area contributed by atoms with Crippen molar-refractivity contribution in [3.05, 3.63) is 0 Å². The van der Waals surface area contributed by atoms with Crippen molar-refractivity contribution in [2.24, 2.45) is 5.92 Å². The highest BCUT2D eigenvalue weighted by Gasteiger charge is 2.14. The molecule has 0 bridgehead atoms. The molecule has 0 aliphatic carbocycles. The molecule has 0 aliphatic heterocycles. The van der Waals surface area contributed by atoms with Gasteiger partial charge in [0, 0.05) is 12.6 Å². The van der Waals surface area contributed by atoms with Crippen LogP contribution < -0.4 is 5.32 Å².